The number of carbonyl (C=O) groups excluding carboxylic acids is 2. The second kappa shape index (κ2) is 12.0. The van der Waals surface area contributed by atoms with Crippen LogP contribution in [0.25, 0.3) is 0 Å². The van der Waals surface area contributed by atoms with Crippen molar-refractivity contribution in [3.05, 3.63) is 64.2 Å². The van der Waals surface area contributed by atoms with Crippen molar-refractivity contribution in [1.29, 1.82) is 0 Å². The molecule has 3 amide bonds. The fraction of sp³-hybridized carbons (Fsp3) is 0.548. The third kappa shape index (κ3) is 5.36. The van der Waals surface area contributed by atoms with Crippen molar-refractivity contribution in [3.8, 4) is 5.75 Å². The molecule has 0 bridgehead atoms. The summed E-state index contributed by atoms with van der Waals surface area (Å²) in [5.41, 5.74) is -5.34. The quantitative estimate of drug-likeness (QED) is 0.150. The molecule has 2 aliphatic rings. The topological polar surface area (TPSA) is 59.1 Å². The van der Waals surface area contributed by atoms with Crippen molar-refractivity contribution in [2.75, 3.05) is 20.2 Å². The van der Waals surface area contributed by atoms with Gasteiger partial charge in [-0.1, -0.05) is 57.0 Å². The molecule has 1 saturated heterocycles. The van der Waals surface area contributed by atoms with Crippen molar-refractivity contribution in [2.24, 2.45) is 0 Å². The van der Waals surface area contributed by atoms with Gasteiger partial charge in [0.15, 0.2) is 0 Å². The van der Waals surface area contributed by atoms with Crippen LogP contribution in [0, 0.1) is 0 Å². The van der Waals surface area contributed by atoms with Gasteiger partial charge in [-0.3, -0.25) is 9.69 Å². The van der Waals surface area contributed by atoms with Gasteiger partial charge in [-0.05, 0) is 55.4 Å². The van der Waals surface area contributed by atoms with Crippen LogP contribution in [0.2, 0.25) is 0 Å². The van der Waals surface area contributed by atoms with E-state index in [1.807, 2.05) is 6.07 Å². The number of rotatable bonds is 11. The van der Waals surface area contributed by atoms with E-state index in [0.29, 0.717) is 36.8 Å². The number of carbonyl (C=O) groups is 2. The van der Waals surface area contributed by atoms with Gasteiger partial charge in [-0.25, -0.2) is 4.79 Å². The summed E-state index contributed by atoms with van der Waals surface area (Å²) in [5.74, 6) is -0.0603. The summed E-state index contributed by atoms with van der Waals surface area (Å²) in [4.78, 5) is 28.9. The van der Waals surface area contributed by atoms with E-state index in [1.165, 1.54) is 9.80 Å². The standard InChI is InChI=1S/C31H36F6N2O4/c1-5-12-20-18-24-23(19-43-29(24,30(32,33)34)31(35,36)37)22(13-6-2)25(20)42-17-11-10-16-39-26(40)28(3,38(4)27(39)41)21-14-8-7-9-15-21/h7-9,14-15,18H,5-6,10-13,16-17,19H2,1-4H3. The van der Waals surface area contributed by atoms with Gasteiger partial charge >= 0.3 is 18.4 Å². The maximum Gasteiger partial charge on any atom is 0.430 e. The Kier molecular flexibility index (Phi) is 9.12. The molecular weight excluding hydrogens is 578 g/mol. The van der Waals surface area contributed by atoms with E-state index in [0.717, 1.165) is 6.07 Å². The lowest BCUT2D eigenvalue weighted by molar-refractivity contribution is -0.385. The third-order valence-corrected chi connectivity index (χ3v) is 8.41. The van der Waals surface area contributed by atoms with Crippen LogP contribution in [-0.4, -0.2) is 54.3 Å². The number of likely N-dealkylation sites (N-methyl/N-ethyl adjacent to an activating group) is 1. The van der Waals surface area contributed by atoms with Crippen molar-refractivity contribution in [3.63, 3.8) is 0 Å². The van der Waals surface area contributed by atoms with Gasteiger partial charge in [0.2, 0.25) is 0 Å². The van der Waals surface area contributed by atoms with Gasteiger partial charge in [0.05, 0.1) is 13.2 Å². The second-order valence-corrected chi connectivity index (χ2v) is 11.1. The van der Waals surface area contributed by atoms with Crippen LogP contribution in [-0.2, 0) is 40.1 Å². The molecule has 2 aromatic rings. The van der Waals surface area contributed by atoms with Crippen LogP contribution in [0.1, 0.15) is 74.3 Å². The summed E-state index contributed by atoms with van der Waals surface area (Å²) < 4.78 is 94.9. The van der Waals surface area contributed by atoms with Crippen molar-refractivity contribution in [2.45, 2.75) is 89.4 Å². The highest BCUT2D eigenvalue weighted by molar-refractivity contribution is 6.07. The highest BCUT2D eigenvalue weighted by Crippen LogP contribution is 2.58. The fourth-order valence-corrected chi connectivity index (χ4v) is 6.03. The Bertz CT molecular complexity index is 1330. The van der Waals surface area contributed by atoms with Gasteiger partial charge in [0, 0.05) is 24.7 Å². The number of nitrogens with zero attached hydrogens (tertiary/aromatic N) is 2. The van der Waals surface area contributed by atoms with E-state index in [1.54, 1.807) is 52.1 Å². The Balaban J connectivity index is 1.53. The number of fused-ring (bicyclic) bond motifs is 1. The number of alkyl halides is 6. The molecule has 2 aliphatic heterocycles. The molecule has 0 radical (unpaired) electrons. The normalized spacial score (nSPS) is 20.2. The molecule has 0 aromatic heterocycles. The molecule has 0 N–H and O–H groups in total. The van der Waals surface area contributed by atoms with Crippen molar-refractivity contribution >= 4 is 11.9 Å². The molecule has 0 aliphatic carbocycles. The van der Waals surface area contributed by atoms with E-state index >= 15 is 0 Å². The lowest BCUT2D eigenvalue weighted by atomic mass is 9.84. The highest BCUT2D eigenvalue weighted by Gasteiger charge is 2.76. The number of unbranched alkanes of at least 4 members (excludes halogenated alkanes) is 1. The molecule has 12 heteroatoms. The second-order valence-electron chi connectivity index (χ2n) is 11.1. The minimum Gasteiger partial charge on any atom is -0.493 e. The molecule has 2 heterocycles. The van der Waals surface area contributed by atoms with Gasteiger partial charge in [-0.15, -0.1) is 0 Å². The molecule has 236 valence electrons. The van der Waals surface area contributed by atoms with E-state index in [9.17, 15) is 35.9 Å². The number of amides is 3. The lowest BCUT2D eigenvalue weighted by Gasteiger charge is -2.34. The van der Waals surface area contributed by atoms with Crippen molar-refractivity contribution < 1.29 is 45.4 Å². The summed E-state index contributed by atoms with van der Waals surface area (Å²) in [6.07, 6.45) is -9.26. The zero-order chi connectivity index (χ0) is 31.8. The summed E-state index contributed by atoms with van der Waals surface area (Å²) >= 11 is 0. The predicted molar refractivity (Wildman–Crippen MR) is 146 cm³/mol. The van der Waals surface area contributed by atoms with Gasteiger partial charge in [-0.2, -0.15) is 26.3 Å². The van der Waals surface area contributed by atoms with E-state index in [4.69, 9.17) is 4.74 Å². The Morgan fingerprint density at radius 2 is 1.58 bits per heavy atom. The number of urea groups is 1. The fourth-order valence-electron chi connectivity index (χ4n) is 6.03. The summed E-state index contributed by atoms with van der Waals surface area (Å²) in [5, 5.41) is 0. The maximum absolute atomic E-state index is 14.0. The highest BCUT2D eigenvalue weighted by atomic mass is 19.4. The summed E-state index contributed by atoms with van der Waals surface area (Å²) in [7, 11) is 1.57. The number of hydrogen-bond donors (Lipinski definition) is 0. The molecule has 4 rings (SSSR count). The number of aryl methyl sites for hydroxylation is 1. The van der Waals surface area contributed by atoms with E-state index < -0.39 is 41.7 Å². The first-order chi connectivity index (χ1) is 20.2. The lowest BCUT2D eigenvalue weighted by Crippen LogP contribution is -2.53. The minimum absolute atomic E-state index is 0.0960. The largest absolute Gasteiger partial charge is 0.493 e. The molecular formula is C31H36F6N2O4. The SMILES string of the molecule is CCCc1cc2c(c(CCC)c1OCCCCN1C(=O)N(C)C(C)(c3ccccc3)C1=O)COC2(C(F)(F)F)C(F)(F)F. The van der Waals surface area contributed by atoms with Crippen LogP contribution in [0.5, 0.6) is 5.75 Å². The molecule has 43 heavy (non-hydrogen) atoms. The number of benzene rings is 2. The summed E-state index contributed by atoms with van der Waals surface area (Å²) in [6, 6.07) is 9.51. The molecule has 1 atom stereocenters. The van der Waals surface area contributed by atoms with Crippen molar-refractivity contribution in [1.82, 2.24) is 9.80 Å². The number of ether oxygens (including phenoxy) is 2. The van der Waals surface area contributed by atoms with E-state index in [2.05, 4.69) is 4.74 Å². The molecule has 1 fully saturated rings. The predicted octanol–water partition coefficient (Wildman–Crippen LogP) is 7.41. The zero-order valence-electron chi connectivity index (χ0n) is 24.6. The Morgan fingerprint density at radius 1 is 0.953 bits per heavy atom. The number of hydrogen-bond acceptors (Lipinski definition) is 4. The van der Waals surface area contributed by atoms with Gasteiger partial charge in [0.1, 0.15) is 11.3 Å². The monoisotopic (exact) mass is 614 g/mol. The van der Waals surface area contributed by atoms with Gasteiger partial charge < -0.3 is 14.4 Å². The molecule has 0 saturated carbocycles. The maximum atomic E-state index is 14.0. The Morgan fingerprint density at radius 3 is 2.16 bits per heavy atom. The zero-order valence-corrected chi connectivity index (χ0v) is 24.6. The average Bonchev–Trinajstić information content (AvgIpc) is 3.42. The molecule has 6 nitrogen and oxygen atoms in total. The summed E-state index contributed by atoms with van der Waals surface area (Å²) in [6.45, 7) is 4.65. The van der Waals surface area contributed by atoms with Crippen LogP contribution in [0.4, 0.5) is 31.1 Å². The van der Waals surface area contributed by atoms with Gasteiger partial charge in [0.25, 0.3) is 11.5 Å². The molecule has 2 aromatic carbocycles. The minimum atomic E-state index is -5.71. The number of halogens is 6. The Labute approximate surface area is 246 Å². The Hall–Kier alpha value is -3.28. The van der Waals surface area contributed by atoms with Crippen LogP contribution in [0.15, 0.2) is 36.4 Å². The first-order valence-corrected chi connectivity index (χ1v) is 14.4. The smallest absolute Gasteiger partial charge is 0.430 e. The number of imide groups is 1. The first kappa shape index (κ1) is 32.6. The van der Waals surface area contributed by atoms with Crippen LogP contribution in [0.3, 0.4) is 0 Å². The van der Waals surface area contributed by atoms with Crippen LogP contribution >= 0.6 is 0 Å². The average molecular weight is 615 g/mol. The van der Waals surface area contributed by atoms with Crippen LogP contribution < -0.4 is 4.74 Å². The van der Waals surface area contributed by atoms with E-state index in [-0.39, 0.29) is 48.8 Å². The first-order valence-electron chi connectivity index (χ1n) is 14.4. The third-order valence-electron chi connectivity index (χ3n) is 8.41. The molecule has 0 spiro atoms. The molecule has 1 unspecified atom stereocenters.